The number of nitrogens with zero attached hydrogens (tertiary/aromatic N) is 4. The Kier molecular flexibility index (Phi) is 4.92. The Morgan fingerprint density at radius 1 is 1.36 bits per heavy atom. The molecule has 0 bridgehead atoms. The van der Waals surface area contributed by atoms with Crippen molar-refractivity contribution in [3.05, 3.63) is 18.1 Å². The second kappa shape index (κ2) is 6.98. The number of hydrogen-bond donors (Lipinski definition) is 1. The molecule has 2 fully saturated rings. The molecule has 136 valence electrons. The monoisotopic (exact) mass is 346 g/mol. The van der Waals surface area contributed by atoms with Crippen molar-refractivity contribution in [3.8, 4) is 0 Å². The van der Waals surface area contributed by atoms with Crippen molar-refractivity contribution in [2.24, 2.45) is 5.41 Å². The molecule has 0 saturated carbocycles. The summed E-state index contributed by atoms with van der Waals surface area (Å²) in [6.45, 7) is 5.83. The van der Waals surface area contributed by atoms with Crippen LogP contribution in [0.1, 0.15) is 45.1 Å². The maximum atomic E-state index is 11.8. The van der Waals surface area contributed by atoms with Crippen LogP contribution in [0.2, 0.25) is 0 Å². The fourth-order valence-electron chi connectivity index (χ4n) is 4.25. The number of aryl methyl sites for hydroxylation is 1. The minimum atomic E-state index is -0.893. The lowest BCUT2D eigenvalue weighted by molar-refractivity contribution is -0.147. The van der Waals surface area contributed by atoms with E-state index in [4.69, 9.17) is 0 Å². The third kappa shape index (κ3) is 3.45. The first kappa shape index (κ1) is 17.6. The highest BCUT2D eigenvalue weighted by Gasteiger charge is 2.49. The zero-order valence-corrected chi connectivity index (χ0v) is 14.9. The van der Waals surface area contributed by atoms with E-state index in [1.54, 1.807) is 6.33 Å². The molecule has 3 rings (SSSR count). The summed E-state index contributed by atoms with van der Waals surface area (Å²) in [5.41, 5.74) is 1.09. The Morgan fingerprint density at radius 3 is 2.64 bits per heavy atom. The van der Waals surface area contributed by atoms with E-state index >= 15 is 0 Å². The van der Waals surface area contributed by atoms with Crippen molar-refractivity contribution in [2.75, 3.05) is 24.5 Å². The van der Waals surface area contributed by atoms with Gasteiger partial charge in [-0.05, 0) is 31.1 Å². The van der Waals surface area contributed by atoms with Crippen LogP contribution in [0.5, 0.6) is 0 Å². The minimum absolute atomic E-state index is 0.0802. The number of carboxylic acid groups (broad SMARTS) is 1. The highest BCUT2D eigenvalue weighted by molar-refractivity contribution is 5.83. The Labute approximate surface area is 148 Å². The number of piperidine rings is 1. The minimum Gasteiger partial charge on any atom is -0.480 e. The Bertz CT molecular complexity index is 631. The molecule has 25 heavy (non-hydrogen) atoms. The lowest BCUT2D eigenvalue weighted by atomic mass is 9.76. The average molecular weight is 346 g/mol. The molecule has 1 N–H and O–H groups in total. The third-order valence-corrected chi connectivity index (χ3v) is 5.61. The van der Waals surface area contributed by atoms with Crippen LogP contribution < -0.4 is 4.90 Å². The average Bonchev–Trinajstić information content (AvgIpc) is 2.97. The van der Waals surface area contributed by atoms with Crippen LogP contribution in [0.25, 0.3) is 0 Å². The molecule has 1 aromatic rings. The standard InChI is InChI=1S/C18H26N4O3/c1-3-4-14-10-19-12-20-16(14)21-7-5-18(6-8-21)9-15(17(24)25)22(11-18)13(2)23/h10,12,15H,3-9,11H2,1-2H3,(H,24,25)/t15-/m1/s1. The summed E-state index contributed by atoms with van der Waals surface area (Å²) in [6, 6.07) is -0.682. The van der Waals surface area contributed by atoms with E-state index in [-0.39, 0.29) is 11.3 Å². The van der Waals surface area contributed by atoms with Crippen LogP contribution in [0.3, 0.4) is 0 Å². The van der Waals surface area contributed by atoms with Crippen LogP contribution >= 0.6 is 0 Å². The second-order valence-corrected chi connectivity index (χ2v) is 7.31. The third-order valence-electron chi connectivity index (χ3n) is 5.61. The van der Waals surface area contributed by atoms with Gasteiger partial charge in [0.25, 0.3) is 0 Å². The van der Waals surface area contributed by atoms with Crippen molar-refractivity contribution in [3.63, 3.8) is 0 Å². The normalized spacial score (nSPS) is 22.4. The summed E-state index contributed by atoms with van der Waals surface area (Å²) in [4.78, 5) is 35.8. The number of hydrogen-bond acceptors (Lipinski definition) is 5. The Balaban J connectivity index is 1.72. The van der Waals surface area contributed by atoms with Gasteiger partial charge in [0.05, 0.1) is 0 Å². The van der Waals surface area contributed by atoms with Gasteiger partial charge in [-0.25, -0.2) is 14.8 Å². The lowest BCUT2D eigenvalue weighted by Gasteiger charge is -2.40. The van der Waals surface area contributed by atoms with Crippen LogP contribution in [0.15, 0.2) is 12.5 Å². The van der Waals surface area contributed by atoms with Crippen molar-refractivity contribution in [1.82, 2.24) is 14.9 Å². The quantitative estimate of drug-likeness (QED) is 0.893. The molecule has 1 aromatic heterocycles. The molecule has 2 saturated heterocycles. The molecule has 0 aliphatic carbocycles. The van der Waals surface area contributed by atoms with Gasteiger partial charge < -0.3 is 14.9 Å². The first-order valence-electron chi connectivity index (χ1n) is 8.99. The first-order valence-corrected chi connectivity index (χ1v) is 8.99. The van der Waals surface area contributed by atoms with E-state index in [1.807, 2.05) is 6.20 Å². The summed E-state index contributed by atoms with van der Waals surface area (Å²) in [6.07, 6.45) is 7.81. The van der Waals surface area contributed by atoms with Gasteiger partial charge in [0.15, 0.2) is 0 Å². The molecule has 7 heteroatoms. The summed E-state index contributed by atoms with van der Waals surface area (Å²) in [7, 11) is 0. The summed E-state index contributed by atoms with van der Waals surface area (Å²) in [5.74, 6) is -0.0359. The number of anilines is 1. The molecule has 0 unspecified atom stereocenters. The number of likely N-dealkylation sites (tertiary alicyclic amines) is 1. The van der Waals surface area contributed by atoms with E-state index in [1.165, 1.54) is 17.4 Å². The van der Waals surface area contributed by atoms with E-state index < -0.39 is 12.0 Å². The van der Waals surface area contributed by atoms with E-state index in [2.05, 4.69) is 21.8 Å². The van der Waals surface area contributed by atoms with Gasteiger partial charge in [0.2, 0.25) is 5.91 Å². The molecule has 7 nitrogen and oxygen atoms in total. The number of aromatic nitrogens is 2. The van der Waals surface area contributed by atoms with Gasteiger partial charge >= 0.3 is 5.97 Å². The van der Waals surface area contributed by atoms with Crippen LogP contribution in [0.4, 0.5) is 5.82 Å². The number of amides is 1. The number of carbonyl (C=O) groups is 2. The van der Waals surface area contributed by atoms with Gasteiger partial charge in [0, 0.05) is 38.3 Å². The number of carbonyl (C=O) groups excluding carboxylic acids is 1. The predicted molar refractivity (Wildman–Crippen MR) is 93.3 cm³/mol. The molecular weight excluding hydrogens is 320 g/mol. The van der Waals surface area contributed by atoms with Crippen molar-refractivity contribution < 1.29 is 14.7 Å². The zero-order chi connectivity index (χ0) is 18.0. The predicted octanol–water partition coefficient (Wildman–Crippen LogP) is 1.72. The summed E-state index contributed by atoms with van der Waals surface area (Å²) >= 11 is 0. The maximum absolute atomic E-state index is 11.8. The van der Waals surface area contributed by atoms with E-state index in [0.717, 1.165) is 44.6 Å². The SMILES string of the molecule is CCCc1cncnc1N1CCC2(CC1)C[C@H](C(=O)O)N(C(C)=O)C2. The van der Waals surface area contributed by atoms with Crippen LogP contribution in [0, 0.1) is 5.41 Å². The van der Waals surface area contributed by atoms with Gasteiger partial charge in [-0.3, -0.25) is 4.79 Å². The lowest BCUT2D eigenvalue weighted by Crippen LogP contribution is -2.43. The fraction of sp³-hybridized carbons (Fsp3) is 0.667. The molecular formula is C18H26N4O3. The number of aliphatic carboxylic acids is 1. The highest BCUT2D eigenvalue weighted by atomic mass is 16.4. The molecule has 2 aliphatic heterocycles. The largest absolute Gasteiger partial charge is 0.480 e. The van der Waals surface area contributed by atoms with Crippen molar-refractivity contribution in [2.45, 2.75) is 52.0 Å². The van der Waals surface area contributed by atoms with Crippen molar-refractivity contribution in [1.29, 1.82) is 0 Å². The molecule has 2 aliphatic rings. The zero-order valence-electron chi connectivity index (χ0n) is 14.9. The summed E-state index contributed by atoms with van der Waals surface area (Å²) in [5, 5.41) is 9.45. The van der Waals surface area contributed by atoms with E-state index in [9.17, 15) is 14.7 Å². The van der Waals surface area contributed by atoms with Gasteiger partial charge in [-0.2, -0.15) is 0 Å². The van der Waals surface area contributed by atoms with Gasteiger partial charge in [-0.1, -0.05) is 13.3 Å². The Hall–Kier alpha value is -2.18. The smallest absolute Gasteiger partial charge is 0.326 e. The number of carboxylic acids is 1. The maximum Gasteiger partial charge on any atom is 0.326 e. The fourth-order valence-corrected chi connectivity index (χ4v) is 4.25. The number of rotatable bonds is 4. The van der Waals surface area contributed by atoms with Gasteiger partial charge in [-0.15, -0.1) is 0 Å². The second-order valence-electron chi connectivity index (χ2n) is 7.31. The van der Waals surface area contributed by atoms with Crippen LogP contribution in [-0.4, -0.2) is 57.5 Å². The van der Waals surface area contributed by atoms with Crippen LogP contribution in [-0.2, 0) is 16.0 Å². The first-order chi connectivity index (χ1) is 12.0. The van der Waals surface area contributed by atoms with Crippen molar-refractivity contribution >= 4 is 17.7 Å². The van der Waals surface area contributed by atoms with Gasteiger partial charge in [0.1, 0.15) is 18.2 Å². The molecule has 0 radical (unpaired) electrons. The summed E-state index contributed by atoms with van der Waals surface area (Å²) < 4.78 is 0. The topological polar surface area (TPSA) is 86.6 Å². The molecule has 0 aromatic carbocycles. The molecule has 1 spiro atoms. The van der Waals surface area contributed by atoms with E-state index in [0.29, 0.717) is 13.0 Å². The molecule has 1 amide bonds. The molecule has 1 atom stereocenters. The Morgan fingerprint density at radius 2 is 2.08 bits per heavy atom. The molecule has 3 heterocycles. The highest BCUT2D eigenvalue weighted by Crippen LogP contribution is 2.44.